The molecule has 2 unspecified atom stereocenters. The van der Waals surface area contributed by atoms with Gasteiger partial charge in [0.05, 0.1) is 6.54 Å². The maximum atomic E-state index is 11.9. The predicted octanol–water partition coefficient (Wildman–Crippen LogP) is 0.585. The number of piperidine rings is 1. The van der Waals surface area contributed by atoms with Gasteiger partial charge in [-0.3, -0.25) is 9.69 Å². The Morgan fingerprint density at radius 1 is 1.41 bits per heavy atom. The first-order chi connectivity index (χ1) is 7.96. The fourth-order valence-corrected chi connectivity index (χ4v) is 3.00. The highest BCUT2D eigenvalue weighted by Crippen LogP contribution is 2.25. The summed E-state index contributed by atoms with van der Waals surface area (Å²) in [6.07, 6.45) is 2.54. The van der Waals surface area contributed by atoms with Gasteiger partial charge in [0, 0.05) is 18.1 Å². The van der Waals surface area contributed by atoms with Crippen LogP contribution in [0.1, 0.15) is 33.6 Å². The fraction of sp³-hybridized carbons (Fsp3) is 0.923. The molecule has 2 aliphatic heterocycles. The molecule has 0 aromatic heterocycles. The molecule has 2 aliphatic rings. The second-order valence-electron chi connectivity index (χ2n) is 6.40. The molecular formula is C13H25N3O. The number of hydrogen-bond donors (Lipinski definition) is 2. The number of carbonyl (C=O) groups is 1. The summed E-state index contributed by atoms with van der Waals surface area (Å²) < 4.78 is 0. The number of nitrogens with zero attached hydrogens (tertiary/aromatic N) is 1. The Bertz CT molecular complexity index is 285. The van der Waals surface area contributed by atoms with Crippen molar-refractivity contribution in [3.05, 3.63) is 0 Å². The molecule has 0 aromatic rings. The van der Waals surface area contributed by atoms with E-state index in [1.165, 1.54) is 12.8 Å². The lowest BCUT2D eigenvalue weighted by Gasteiger charge is -2.37. The van der Waals surface area contributed by atoms with E-state index in [1.807, 2.05) is 20.8 Å². The first-order valence-corrected chi connectivity index (χ1v) is 6.71. The van der Waals surface area contributed by atoms with Crippen molar-refractivity contribution < 1.29 is 4.79 Å². The van der Waals surface area contributed by atoms with Crippen LogP contribution in [0, 0.1) is 5.92 Å². The van der Waals surface area contributed by atoms with E-state index in [1.54, 1.807) is 0 Å². The minimum atomic E-state index is -0.125. The number of fused-ring (bicyclic) bond motifs is 1. The van der Waals surface area contributed by atoms with Crippen LogP contribution < -0.4 is 10.6 Å². The van der Waals surface area contributed by atoms with E-state index in [9.17, 15) is 4.79 Å². The maximum Gasteiger partial charge on any atom is 0.234 e. The third-order valence-electron chi connectivity index (χ3n) is 3.65. The Morgan fingerprint density at radius 2 is 2.18 bits per heavy atom. The van der Waals surface area contributed by atoms with Gasteiger partial charge in [-0.1, -0.05) is 0 Å². The van der Waals surface area contributed by atoms with Crippen LogP contribution in [0.25, 0.3) is 0 Å². The SMILES string of the molecule is CC(C)(C)NC(=O)CN1CCCC2CNCC21. The third kappa shape index (κ3) is 3.42. The van der Waals surface area contributed by atoms with Crippen molar-refractivity contribution in [3.8, 4) is 0 Å². The summed E-state index contributed by atoms with van der Waals surface area (Å²) in [6, 6.07) is 0.578. The molecule has 1 amide bonds. The molecule has 2 rings (SSSR count). The van der Waals surface area contributed by atoms with Gasteiger partial charge >= 0.3 is 0 Å². The Kier molecular flexibility index (Phi) is 3.73. The van der Waals surface area contributed by atoms with Crippen molar-refractivity contribution in [2.24, 2.45) is 5.92 Å². The highest BCUT2D eigenvalue weighted by Gasteiger charge is 2.35. The molecule has 0 bridgehead atoms. The molecule has 2 heterocycles. The average Bonchev–Trinajstić information content (AvgIpc) is 2.63. The molecular weight excluding hydrogens is 214 g/mol. The van der Waals surface area contributed by atoms with Crippen LogP contribution in [0.2, 0.25) is 0 Å². The molecule has 0 radical (unpaired) electrons. The second kappa shape index (κ2) is 4.94. The van der Waals surface area contributed by atoms with Crippen molar-refractivity contribution in [1.82, 2.24) is 15.5 Å². The molecule has 2 atom stereocenters. The lowest BCUT2D eigenvalue weighted by atomic mass is 9.92. The van der Waals surface area contributed by atoms with Crippen molar-refractivity contribution in [2.45, 2.75) is 45.2 Å². The number of carbonyl (C=O) groups excluding carboxylic acids is 1. The van der Waals surface area contributed by atoms with Crippen molar-refractivity contribution in [3.63, 3.8) is 0 Å². The van der Waals surface area contributed by atoms with Gasteiger partial charge in [0.15, 0.2) is 0 Å². The van der Waals surface area contributed by atoms with Crippen molar-refractivity contribution >= 4 is 5.91 Å². The summed E-state index contributed by atoms with van der Waals surface area (Å²) in [7, 11) is 0. The predicted molar refractivity (Wildman–Crippen MR) is 68.9 cm³/mol. The van der Waals surface area contributed by atoms with E-state index in [0.717, 1.165) is 25.6 Å². The van der Waals surface area contributed by atoms with Gasteiger partial charge in [-0.2, -0.15) is 0 Å². The maximum absolute atomic E-state index is 11.9. The zero-order valence-electron chi connectivity index (χ0n) is 11.3. The molecule has 98 valence electrons. The minimum Gasteiger partial charge on any atom is -0.350 e. The summed E-state index contributed by atoms with van der Waals surface area (Å²) in [5.41, 5.74) is -0.125. The highest BCUT2D eigenvalue weighted by atomic mass is 16.2. The number of hydrogen-bond acceptors (Lipinski definition) is 3. The Morgan fingerprint density at radius 3 is 2.88 bits per heavy atom. The molecule has 0 aromatic carbocycles. The summed E-state index contributed by atoms with van der Waals surface area (Å²) in [5, 5.41) is 6.49. The van der Waals surface area contributed by atoms with E-state index in [4.69, 9.17) is 0 Å². The van der Waals surface area contributed by atoms with Gasteiger partial charge in [0.2, 0.25) is 5.91 Å². The first-order valence-electron chi connectivity index (χ1n) is 6.71. The topological polar surface area (TPSA) is 44.4 Å². The zero-order valence-corrected chi connectivity index (χ0v) is 11.3. The van der Waals surface area contributed by atoms with E-state index < -0.39 is 0 Å². The molecule has 0 aliphatic carbocycles. The number of amides is 1. The van der Waals surface area contributed by atoms with E-state index in [2.05, 4.69) is 15.5 Å². The molecule has 0 spiro atoms. The van der Waals surface area contributed by atoms with Crippen LogP contribution in [-0.2, 0) is 4.79 Å². The smallest absolute Gasteiger partial charge is 0.234 e. The van der Waals surface area contributed by atoms with Crippen LogP contribution in [0.5, 0.6) is 0 Å². The first kappa shape index (κ1) is 12.8. The Balaban J connectivity index is 1.87. The van der Waals surface area contributed by atoms with Crippen LogP contribution in [0.3, 0.4) is 0 Å². The summed E-state index contributed by atoms with van der Waals surface area (Å²) >= 11 is 0. The zero-order chi connectivity index (χ0) is 12.5. The van der Waals surface area contributed by atoms with Crippen LogP contribution in [0.4, 0.5) is 0 Å². The van der Waals surface area contributed by atoms with Gasteiger partial charge in [-0.25, -0.2) is 0 Å². The normalized spacial score (nSPS) is 30.1. The fourth-order valence-electron chi connectivity index (χ4n) is 3.00. The van der Waals surface area contributed by atoms with Crippen molar-refractivity contribution in [1.29, 1.82) is 0 Å². The van der Waals surface area contributed by atoms with E-state index in [0.29, 0.717) is 12.6 Å². The summed E-state index contributed by atoms with van der Waals surface area (Å²) in [4.78, 5) is 14.3. The van der Waals surface area contributed by atoms with Gasteiger partial charge in [0.25, 0.3) is 0 Å². The summed E-state index contributed by atoms with van der Waals surface area (Å²) in [6.45, 7) is 9.89. The summed E-state index contributed by atoms with van der Waals surface area (Å²) in [5.74, 6) is 0.913. The minimum absolute atomic E-state index is 0.125. The molecule has 2 fully saturated rings. The Labute approximate surface area is 104 Å². The van der Waals surface area contributed by atoms with Gasteiger partial charge in [-0.05, 0) is 52.6 Å². The molecule has 0 saturated carbocycles. The monoisotopic (exact) mass is 239 g/mol. The Hall–Kier alpha value is -0.610. The van der Waals surface area contributed by atoms with Crippen molar-refractivity contribution in [2.75, 3.05) is 26.2 Å². The van der Waals surface area contributed by atoms with E-state index in [-0.39, 0.29) is 11.4 Å². The van der Waals surface area contributed by atoms with Crippen LogP contribution in [-0.4, -0.2) is 48.6 Å². The quantitative estimate of drug-likeness (QED) is 0.741. The van der Waals surface area contributed by atoms with Gasteiger partial charge in [-0.15, -0.1) is 0 Å². The van der Waals surface area contributed by atoms with Crippen LogP contribution >= 0.6 is 0 Å². The molecule has 2 N–H and O–H groups in total. The highest BCUT2D eigenvalue weighted by molar-refractivity contribution is 5.78. The third-order valence-corrected chi connectivity index (χ3v) is 3.65. The second-order valence-corrected chi connectivity index (χ2v) is 6.40. The van der Waals surface area contributed by atoms with Gasteiger partial charge < -0.3 is 10.6 Å². The molecule has 17 heavy (non-hydrogen) atoms. The number of likely N-dealkylation sites (tertiary alicyclic amines) is 1. The van der Waals surface area contributed by atoms with Crippen LogP contribution in [0.15, 0.2) is 0 Å². The molecule has 4 heteroatoms. The molecule has 4 nitrogen and oxygen atoms in total. The number of rotatable bonds is 2. The molecule has 2 saturated heterocycles. The lowest BCUT2D eigenvalue weighted by molar-refractivity contribution is -0.124. The lowest BCUT2D eigenvalue weighted by Crippen LogP contribution is -2.52. The largest absolute Gasteiger partial charge is 0.350 e. The standard InChI is InChI=1S/C13H25N3O/c1-13(2,3)15-12(17)9-16-6-4-5-10-7-14-8-11(10)16/h10-11,14H,4-9H2,1-3H3,(H,15,17). The van der Waals surface area contributed by atoms with E-state index >= 15 is 0 Å². The average molecular weight is 239 g/mol. The number of nitrogens with one attached hydrogen (secondary N) is 2. The van der Waals surface area contributed by atoms with Gasteiger partial charge in [0.1, 0.15) is 0 Å².